The van der Waals surface area contributed by atoms with Gasteiger partial charge in [-0.15, -0.1) is 0 Å². The van der Waals surface area contributed by atoms with Gasteiger partial charge in [0.2, 0.25) is 5.43 Å². The third-order valence-electron chi connectivity index (χ3n) is 7.89. The number of carbonyl (C=O) groups is 2. The van der Waals surface area contributed by atoms with E-state index in [9.17, 15) is 14.4 Å². The quantitative estimate of drug-likeness (QED) is 0.573. The molecule has 4 rings (SSSR count). The summed E-state index contributed by atoms with van der Waals surface area (Å²) in [5.41, 5.74) is 1.11. The number of hydrogen-bond donors (Lipinski definition) is 1. The lowest BCUT2D eigenvalue weighted by Crippen LogP contribution is -2.41. The summed E-state index contributed by atoms with van der Waals surface area (Å²) in [5.74, 6) is -0.0926. The molecule has 2 aromatic rings. The Bertz CT molecular complexity index is 1080. The molecule has 1 aromatic carbocycles. The highest BCUT2D eigenvalue weighted by atomic mass is 16.2. The van der Waals surface area contributed by atoms with Gasteiger partial charge in [0.15, 0.2) is 0 Å². The topological polar surface area (TPSA) is 74.7 Å². The molecule has 0 unspecified atom stereocenters. The number of rotatable bonds is 9. The van der Waals surface area contributed by atoms with Crippen LogP contribution in [0, 0.1) is 0 Å². The first-order valence-corrected chi connectivity index (χ1v) is 13.6. The SMILES string of the molecule is CCN(CC)C(=O)c1cn(C2CCCC2)cc(C(=O)NCCN2CCC(c3ccccc3)CC2)c1=O. The molecule has 2 aliphatic rings. The van der Waals surface area contributed by atoms with Gasteiger partial charge in [0.1, 0.15) is 11.1 Å². The number of carbonyl (C=O) groups excluding carboxylic acids is 2. The van der Waals surface area contributed by atoms with E-state index in [1.807, 2.05) is 18.4 Å². The van der Waals surface area contributed by atoms with E-state index in [4.69, 9.17) is 0 Å². The largest absolute Gasteiger partial charge is 0.351 e. The molecule has 1 aliphatic carbocycles. The molecule has 1 aliphatic heterocycles. The van der Waals surface area contributed by atoms with Crippen LogP contribution >= 0.6 is 0 Å². The van der Waals surface area contributed by atoms with E-state index in [0.29, 0.717) is 25.6 Å². The van der Waals surface area contributed by atoms with Crippen LogP contribution in [0.2, 0.25) is 0 Å². The molecular formula is C29H40N4O3. The Hall–Kier alpha value is -2.93. The van der Waals surface area contributed by atoms with Gasteiger partial charge in [-0.3, -0.25) is 14.4 Å². The maximum Gasteiger partial charge on any atom is 0.259 e. The van der Waals surface area contributed by atoms with Gasteiger partial charge < -0.3 is 19.7 Å². The summed E-state index contributed by atoms with van der Waals surface area (Å²) in [4.78, 5) is 43.5. The number of benzene rings is 1. The molecule has 7 heteroatoms. The fraction of sp³-hybridized carbons (Fsp3) is 0.552. The third kappa shape index (κ3) is 6.06. The number of nitrogens with zero attached hydrogens (tertiary/aromatic N) is 3. The zero-order valence-corrected chi connectivity index (χ0v) is 21.7. The van der Waals surface area contributed by atoms with Crippen molar-refractivity contribution in [2.24, 2.45) is 0 Å². The van der Waals surface area contributed by atoms with Gasteiger partial charge >= 0.3 is 0 Å². The molecule has 36 heavy (non-hydrogen) atoms. The first-order chi connectivity index (χ1) is 17.5. The van der Waals surface area contributed by atoms with Gasteiger partial charge in [-0.05, 0) is 64.1 Å². The van der Waals surface area contributed by atoms with Crippen molar-refractivity contribution in [1.29, 1.82) is 0 Å². The van der Waals surface area contributed by atoms with Crippen LogP contribution in [0.1, 0.15) is 90.6 Å². The standard InChI is InChI=1S/C29H40N4O3/c1-3-32(4-2)29(36)26-21-33(24-12-8-9-13-24)20-25(27(26)34)28(35)30-16-19-31-17-14-23(15-18-31)22-10-6-5-7-11-22/h5-7,10-11,20-21,23-24H,3-4,8-9,12-19H2,1-2H3,(H,30,35). The monoisotopic (exact) mass is 492 g/mol. The number of likely N-dealkylation sites (tertiary alicyclic amines) is 1. The molecule has 2 amide bonds. The van der Waals surface area contributed by atoms with Crippen molar-refractivity contribution in [1.82, 2.24) is 19.7 Å². The van der Waals surface area contributed by atoms with Crippen molar-refractivity contribution in [3.8, 4) is 0 Å². The van der Waals surface area contributed by atoms with Crippen LogP contribution in [-0.4, -0.2) is 65.4 Å². The van der Waals surface area contributed by atoms with E-state index < -0.39 is 5.43 Å². The molecule has 1 saturated carbocycles. The first kappa shape index (κ1) is 26.1. The fourth-order valence-electron chi connectivity index (χ4n) is 5.64. The minimum Gasteiger partial charge on any atom is -0.351 e. The second kappa shape index (κ2) is 12.3. The second-order valence-corrected chi connectivity index (χ2v) is 10.1. The third-order valence-corrected chi connectivity index (χ3v) is 7.89. The number of pyridine rings is 1. The summed E-state index contributed by atoms with van der Waals surface area (Å²) < 4.78 is 1.94. The van der Waals surface area contributed by atoms with Crippen LogP contribution in [0.3, 0.4) is 0 Å². The number of piperidine rings is 1. The molecule has 7 nitrogen and oxygen atoms in total. The van der Waals surface area contributed by atoms with Crippen LogP contribution in [-0.2, 0) is 0 Å². The van der Waals surface area contributed by atoms with Crippen LogP contribution in [0.25, 0.3) is 0 Å². The Morgan fingerprint density at radius 1 is 0.944 bits per heavy atom. The van der Waals surface area contributed by atoms with Gasteiger partial charge in [-0.1, -0.05) is 43.2 Å². The molecule has 1 saturated heterocycles. The molecule has 1 N–H and O–H groups in total. The zero-order chi connectivity index (χ0) is 25.5. The van der Waals surface area contributed by atoms with Gasteiger partial charge in [0.05, 0.1) is 0 Å². The molecule has 0 radical (unpaired) electrons. The lowest BCUT2D eigenvalue weighted by atomic mass is 9.89. The van der Waals surface area contributed by atoms with E-state index in [2.05, 4.69) is 40.5 Å². The number of nitrogens with one attached hydrogen (secondary N) is 1. The molecule has 0 spiro atoms. The van der Waals surface area contributed by atoms with E-state index in [1.165, 1.54) is 5.56 Å². The molecule has 0 atom stereocenters. The Kier molecular flexibility index (Phi) is 8.97. The summed E-state index contributed by atoms with van der Waals surface area (Å²) in [7, 11) is 0. The van der Waals surface area contributed by atoms with Crippen LogP contribution in [0.15, 0.2) is 47.5 Å². The van der Waals surface area contributed by atoms with E-state index in [0.717, 1.165) is 58.2 Å². The normalized spacial score (nSPS) is 17.3. The van der Waals surface area contributed by atoms with Gasteiger partial charge in [0.25, 0.3) is 11.8 Å². The number of amides is 2. The molecule has 1 aromatic heterocycles. The Morgan fingerprint density at radius 3 is 2.22 bits per heavy atom. The Morgan fingerprint density at radius 2 is 1.58 bits per heavy atom. The van der Waals surface area contributed by atoms with Gasteiger partial charge in [-0.2, -0.15) is 0 Å². The highest BCUT2D eigenvalue weighted by Gasteiger charge is 2.25. The average Bonchev–Trinajstić information content (AvgIpc) is 3.45. The molecular weight excluding hydrogens is 452 g/mol. The summed E-state index contributed by atoms with van der Waals surface area (Å²) in [6.07, 6.45) is 9.81. The Labute approximate surface area is 214 Å². The second-order valence-electron chi connectivity index (χ2n) is 10.1. The van der Waals surface area contributed by atoms with E-state index in [-0.39, 0.29) is 29.0 Å². The molecule has 2 fully saturated rings. The van der Waals surface area contributed by atoms with Crippen LogP contribution in [0.5, 0.6) is 0 Å². The summed E-state index contributed by atoms with van der Waals surface area (Å²) in [5, 5.41) is 2.95. The lowest BCUT2D eigenvalue weighted by molar-refractivity contribution is 0.0770. The summed E-state index contributed by atoms with van der Waals surface area (Å²) in [6.45, 7) is 8.07. The smallest absolute Gasteiger partial charge is 0.259 e. The van der Waals surface area contributed by atoms with Gasteiger partial charge in [-0.25, -0.2) is 0 Å². The zero-order valence-electron chi connectivity index (χ0n) is 21.7. The average molecular weight is 493 g/mol. The highest BCUT2D eigenvalue weighted by molar-refractivity contribution is 5.99. The minimum atomic E-state index is -0.470. The summed E-state index contributed by atoms with van der Waals surface area (Å²) >= 11 is 0. The van der Waals surface area contributed by atoms with Crippen molar-refractivity contribution in [2.75, 3.05) is 39.3 Å². The van der Waals surface area contributed by atoms with Crippen molar-refractivity contribution in [3.05, 3.63) is 69.6 Å². The van der Waals surface area contributed by atoms with Crippen LogP contribution < -0.4 is 10.7 Å². The van der Waals surface area contributed by atoms with Crippen molar-refractivity contribution in [3.63, 3.8) is 0 Å². The van der Waals surface area contributed by atoms with E-state index in [1.54, 1.807) is 17.3 Å². The summed E-state index contributed by atoms with van der Waals surface area (Å²) in [6, 6.07) is 10.9. The Balaban J connectivity index is 1.40. The van der Waals surface area contributed by atoms with Crippen LogP contribution in [0.4, 0.5) is 0 Å². The highest BCUT2D eigenvalue weighted by Crippen LogP contribution is 2.30. The minimum absolute atomic E-state index is 0.0719. The number of hydrogen-bond acceptors (Lipinski definition) is 4. The predicted molar refractivity (Wildman–Crippen MR) is 143 cm³/mol. The fourth-order valence-corrected chi connectivity index (χ4v) is 5.64. The maximum absolute atomic E-state index is 13.3. The molecule has 194 valence electrons. The first-order valence-electron chi connectivity index (χ1n) is 13.6. The maximum atomic E-state index is 13.3. The van der Waals surface area contributed by atoms with Crippen molar-refractivity contribution in [2.45, 2.75) is 64.3 Å². The lowest BCUT2D eigenvalue weighted by Gasteiger charge is -2.32. The van der Waals surface area contributed by atoms with Crippen molar-refractivity contribution < 1.29 is 9.59 Å². The van der Waals surface area contributed by atoms with Gasteiger partial charge in [0, 0.05) is 44.6 Å². The predicted octanol–water partition coefficient (Wildman–Crippen LogP) is 4.05. The number of aromatic nitrogens is 1. The van der Waals surface area contributed by atoms with Crippen molar-refractivity contribution >= 4 is 11.8 Å². The molecule has 2 heterocycles. The van der Waals surface area contributed by atoms with E-state index >= 15 is 0 Å². The molecule has 0 bridgehead atoms.